The number of nitrogens with two attached hydrogens (primary N) is 1. The van der Waals surface area contributed by atoms with Crippen molar-refractivity contribution in [2.45, 2.75) is 19.0 Å². The van der Waals surface area contributed by atoms with Crippen LogP contribution in [0.5, 0.6) is 0 Å². The summed E-state index contributed by atoms with van der Waals surface area (Å²) in [5.41, 5.74) is 6.75. The second kappa shape index (κ2) is 10.2. The first-order chi connectivity index (χ1) is 18.3. The van der Waals surface area contributed by atoms with Gasteiger partial charge in [0.2, 0.25) is 0 Å². The zero-order chi connectivity index (χ0) is 27.0. The standard InChI is InChI=1S/C27H23F3N6O2/c1-38-9-8-36-26-23(33-34-36)12-21(24(29)25(26)30)19-5-4-16(27(37)35-7-6-18(32)14-35)10-20(19)15-2-3-17(13-31)22(28)11-15/h2-5,10-12,18H,6-9,14,32H2,1H3/t18-/m0/s1. The van der Waals surface area contributed by atoms with Crippen molar-refractivity contribution >= 4 is 16.9 Å². The van der Waals surface area contributed by atoms with E-state index >= 15 is 8.78 Å². The maximum absolute atomic E-state index is 15.6. The highest BCUT2D eigenvalue weighted by Crippen LogP contribution is 2.38. The molecule has 1 amide bonds. The van der Waals surface area contributed by atoms with Crippen LogP contribution in [0.15, 0.2) is 42.5 Å². The van der Waals surface area contributed by atoms with Crippen LogP contribution >= 0.6 is 0 Å². The van der Waals surface area contributed by atoms with E-state index in [1.807, 2.05) is 0 Å². The molecule has 0 aliphatic carbocycles. The van der Waals surface area contributed by atoms with Crippen LogP contribution in [0.2, 0.25) is 0 Å². The molecule has 1 fully saturated rings. The Bertz CT molecular complexity index is 1600. The number of ether oxygens (including phenoxy) is 1. The molecule has 1 saturated heterocycles. The third kappa shape index (κ3) is 4.49. The Morgan fingerprint density at radius 3 is 2.63 bits per heavy atom. The molecule has 2 heterocycles. The molecule has 4 aromatic rings. The molecule has 11 heteroatoms. The van der Waals surface area contributed by atoms with E-state index in [-0.39, 0.29) is 69.5 Å². The van der Waals surface area contributed by atoms with Crippen molar-refractivity contribution < 1.29 is 22.7 Å². The van der Waals surface area contributed by atoms with Gasteiger partial charge in [0.25, 0.3) is 5.91 Å². The molecule has 1 aliphatic heterocycles. The van der Waals surface area contributed by atoms with Gasteiger partial charge in [-0.2, -0.15) is 5.26 Å². The van der Waals surface area contributed by atoms with Crippen molar-refractivity contribution in [2.24, 2.45) is 5.73 Å². The summed E-state index contributed by atoms with van der Waals surface area (Å²) in [6.07, 6.45) is 0.674. The number of likely N-dealkylation sites (tertiary alicyclic amines) is 1. The number of hydrogen-bond donors (Lipinski definition) is 1. The monoisotopic (exact) mass is 520 g/mol. The Hall–Kier alpha value is -4.27. The predicted octanol–water partition coefficient (Wildman–Crippen LogP) is 3.87. The van der Waals surface area contributed by atoms with Crippen molar-refractivity contribution in [3.63, 3.8) is 0 Å². The maximum atomic E-state index is 15.6. The van der Waals surface area contributed by atoms with E-state index in [0.29, 0.717) is 19.5 Å². The fourth-order valence-corrected chi connectivity index (χ4v) is 4.68. The second-order valence-electron chi connectivity index (χ2n) is 9.09. The molecule has 0 unspecified atom stereocenters. The van der Waals surface area contributed by atoms with Gasteiger partial charge in [-0.05, 0) is 53.4 Å². The number of amides is 1. The zero-order valence-electron chi connectivity index (χ0n) is 20.4. The average Bonchev–Trinajstić information content (AvgIpc) is 3.54. The molecule has 2 N–H and O–H groups in total. The van der Waals surface area contributed by atoms with Gasteiger partial charge in [0.05, 0.1) is 18.7 Å². The summed E-state index contributed by atoms with van der Waals surface area (Å²) >= 11 is 0. The summed E-state index contributed by atoms with van der Waals surface area (Å²) in [5.74, 6) is -3.33. The van der Waals surface area contributed by atoms with Crippen LogP contribution in [0, 0.1) is 28.8 Å². The van der Waals surface area contributed by atoms with Gasteiger partial charge in [-0.15, -0.1) is 5.10 Å². The minimum atomic E-state index is -1.14. The normalized spacial score (nSPS) is 15.3. The van der Waals surface area contributed by atoms with Crippen molar-refractivity contribution in [3.05, 3.63) is 71.0 Å². The maximum Gasteiger partial charge on any atom is 0.253 e. The summed E-state index contributed by atoms with van der Waals surface area (Å²) in [4.78, 5) is 14.8. The Morgan fingerprint density at radius 1 is 1.13 bits per heavy atom. The Morgan fingerprint density at radius 2 is 1.95 bits per heavy atom. The number of carbonyl (C=O) groups is 1. The highest BCUT2D eigenvalue weighted by molar-refractivity contribution is 5.98. The first-order valence-electron chi connectivity index (χ1n) is 11.9. The molecule has 0 spiro atoms. The molecule has 1 aromatic heterocycles. The molecule has 1 aliphatic rings. The first kappa shape index (κ1) is 25.4. The van der Waals surface area contributed by atoms with Gasteiger partial charge >= 0.3 is 0 Å². The lowest BCUT2D eigenvalue weighted by molar-refractivity contribution is 0.0791. The average molecular weight is 521 g/mol. The number of nitrogens with zero attached hydrogens (tertiary/aromatic N) is 5. The summed E-state index contributed by atoms with van der Waals surface area (Å²) in [6, 6.07) is 11.4. The van der Waals surface area contributed by atoms with Gasteiger partial charge < -0.3 is 15.4 Å². The van der Waals surface area contributed by atoms with Gasteiger partial charge in [0.1, 0.15) is 22.9 Å². The van der Waals surface area contributed by atoms with Crippen LogP contribution in [0.1, 0.15) is 22.3 Å². The molecule has 0 radical (unpaired) electrons. The van der Waals surface area contributed by atoms with E-state index in [9.17, 15) is 9.18 Å². The van der Waals surface area contributed by atoms with Gasteiger partial charge in [-0.25, -0.2) is 17.9 Å². The third-order valence-corrected chi connectivity index (χ3v) is 6.66. The number of nitriles is 1. The Kier molecular flexibility index (Phi) is 6.84. The molecule has 3 aromatic carbocycles. The molecule has 38 heavy (non-hydrogen) atoms. The quantitative estimate of drug-likeness (QED) is 0.413. The van der Waals surface area contributed by atoms with Crippen LogP contribution in [0.25, 0.3) is 33.3 Å². The molecule has 0 saturated carbocycles. The van der Waals surface area contributed by atoms with Gasteiger partial charge in [-0.3, -0.25) is 4.79 Å². The van der Waals surface area contributed by atoms with Crippen molar-refractivity contribution in [2.75, 3.05) is 26.8 Å². The van der Waals surface area contributed by atoms with E-state index < -0.39 is 17.5 Å². The Labute approximate surface area is 216 Å². The summed E-state index contributed by atoms with van der Waals surface area (Å²) in [7, 11) is 1.48. The van der Waals surface area contributed by atoms with Crippen LogP contribution in [-0.2, 0) is 11.3 Å². The minimum Gasteiger partial charge on any atom is -0.383 e. The largest absolute Gasteiger partial charge is 0.383 e. The number of methoxy groups -OCH3 is 1. The molecule has 1 atom stereocenters. The molecular weight excluding hydrogens is 497 g/mol. The highest BCUT2D eigenvalue weighted by atomic mass is 19.2. The van der Waals surface area contributed by atoms with Gasteiger partial charge in [0, 0.05) is 37.4 Å². The number of carbonyl (C=O) groups excluding carboxylic acids is 1. The number of halogens is 3. The number of fused-ring (bicyclic) bond motifs is 1. The number of aromatic nitrogens is 3. The zero-order valence-corrected chi connectivity index (χ0v) is 20.4. The van der Waals surface area contributed by atoms with Crippen LogP contribution in [0.3, 0.4) is 0 Å². The SMILES string of the molecule is COCCn1nnc2cc(-c3ccc(C(=O)N4CC[C@H](N)C4)cc3-c3ccc(C#N)c(F)c3)c(F)c(F)c21. The molecular formula is C27H23F3N6O2. The van der Waals surface area contributed by atoms with E-state index in [4.69, 9.17) is 15.7 Å². The smallest absolute Gasteiger partial charge is 0.253 e. The third-order valence-electron chi connectivity index (χ3n) is 6.66. The van der Waals surface area contributed by atoms with Crippen molar-refractivity contribution in [3.8, 4) is 28.3 Å². The lowest BCUT2D eigenvalue weighted by Gasteiger charge is -2.18. The molecule has 194 valence electrons. The fraction of sp³-hybridized carbons (Fsp3) is 0.259. The topological polar surface area (TPSA) is 110 Å². The predicted molar refractivity (Wildman–Crippen MR) is 133 cm³/mol. The molecule has 0 bridgehead atoms. The number of hydrogen-bond acceptors (Lipinski definition) is 6. The van der Waals surface area contributed by atoms with Crippen molar-refractivity contribution in [1.29, 1.82) is 5.26 Å². The number of benzene rings is 3. The van der Waals surface area contributed by atoms with Crippen LogP contribution < -0.4 is 5.73 Å². The summed E-state index contributed by atoms with van der Waals surface area (Å²) in [5, 5.41) is 17.0. The summed E-state index contributed by atoms with van der Waals surface area (Å²) < 4.78 is 51.7. The minimum absolute atomic E-state index is 0.105. The van der Waals surface area contributed by atoms with Gasteiger partial charge in [-0.1, -0.05) is 17.3 Å². The van der Waals surface area contributed by atoms with Crippen LogP contribution in [0.4, 0.5) is 13.2 Å². The molecule has 5 rings (SSSR count). The summed E-state index contributed by atoms with van der Waals surface area (Å²) in [6.45, 7) is 1.30. The number of rotatable bonds is 6. The van der Waals surface area contributed by atoms with E-state index in [1.54, 1.807) is 11.0 Å². The van der Waals surface area contributed by atoms with Crippen LogP contribution in [-0.4, -0.2) is 58.6 Å². The first-order valence-corrected chi connectivity index (χ1v) is 11.9. The molecule has 8 nitrogen and oxygen atoms in total. The lowest BCUT2D eigenvalue weighted by Crippen LogP contribution is -2.31. The fourth-order valence-electron chi connectivity index (χ4n) is 4.68. The van der Waals surface area contributed by atoms with E-state index in [0.717, 1.165) is 6.07 Å². The lowest BCUT2D eigenvalue weighted by atomic mass is 9.91. The van der Waals surface area contributed by atoms with Gasteiger partial charge in [0.15, 0.2) is 11.6 Å². The highest BCUT2D eigenvalue weighted by Gasteiger charge is 2.27. The second-order valence-corrected chi connectivity index (χ2v) is 9.09. The van der Waals surface area contributed by atoms with E-state index in [2.05, 4.69) is 10.3 Å². The Balaban J connectivity index is 1.68. The van der Waals surface area contributed by atoms with E-state index in [1.165, 1.54) is 48.2 Å². The van der Waals surface area contributed by atoms with Crippen molar-refractivity contribution in [1.82, 2.24) is 19.9 Å².